The predicted molar refractivity (Wildman–Crippen MR) is 75.3 cm³/mol. The lowest BCUT2D eigenvalue weighted by Crippen LogP contribution is -2.31. The Morgan fingerprint density at radius 2 is 2.06 bits per heavy atom. The van der Waals surface area contributed by atoms with Crippen LogP contribution in [0.1, 0.15) is 46.0 Å². The second-order valence-corrected chi connectivity index (χ2v) is 5.48. The highest BCUT2D eigenvalue weighted by Gasteiger charge is 2.09. The number of nitrogens with one attached hydrogen (secondary N) is 1. The molecule has 0 radical (unpaired) electrons. The molecule has 0 aliphatic carbocycles. The van der Waals surface area contributed by atoms with Crippen LogP contribution in [0, 0.1) is 5.92 Å². The lowest BCUT2D eigenvalue weighted by Gasteiger charge is -2.15. The van der Waals surface area contributed by atoms with Gasteiger partial charge in [0.05, 0.1) is 5.75 Å². The molecular formula is C13H27NO2S. The summed E-state index contributed by atoms with van der Waals surface area (Å²) in [5.74, 6) is 2.19. The molecular weight excluding hydrogens is 234 g/mol. The average Bonchev–Trinajstić information content (AvgIpc) is 2.32. The summed E-state index contributed by atoms with van der Waals surface area (Å²) in [6.07, 6.45) is 5.33. The van der Waals surface area contributed by atoms with Crippen molar-refractivity contribution in [3.05, 3.63) is 0 Å². The first-order valence-electron chi connectivity index (χ1n) is 6.69. The van der Waals surface area contributed by atoms with E-state index in [0.717, 1.165) is 25.0 Å². The van der Waals surface area contributed by atoms with Gasteiger partial charge < -0.3 is 10.4 Å². The smallest absolute Gasteiger partial charge is 0.230 e. The monoisotopic (exact) mass is 261 g/mol. The molecule has 0 bridgehead atoms. The summed E-state index contributed by atoms with van der Waals surface area (Å²) in [6, 6.07) is 0. The Kier molecular flexibility index (Phi) is 12.1. The highest BCUT2D eigenvalue weighted by molar-refractivity contribution is 7.99. The molecule has 1 atom stereocenters. The van der Waals surface area contributed by atoms with Gasteiger partial charge in [-0.05, 0) is 30.9 Å². The van der Waals surface area contributed by atoms with Crippen molar-refractivity contribution in [2.75, 3.05) is 24.7 Å². The normalized spacial score (nSPS) is 12.4. The van der Waals surface area contributed by atoms with Crippen molar-refractivity contribution in [1.29, 1.82) is 0 Å². The standard InChI is InChI=1S/C13H27NO2S/c1-3-5-9-17-11-13(16)14-10-12(6-4-2)7-8-15/h12,15H,3-11H2,1-2H3,(H,14,16). The quantitative estimate of drug-likeness (QED) is 0.562. The van der Waals surface area contributed by atoms with Gasteiger partial charge in [0.15, 0.2) is 0 Å². The minimum Gasteiger partial charge on any atom is -0.396 e. The zero-order chi connectivity index (χ0) is 12.9. The van der Waals surface area contributed by atoms with E-state index in [1.54, 1.807) is 11.8 Å². The van der Waals surface area contributed by atoms with Gasteiger partial charge in [0.2, 0.25) is 5.91 Å². The molecule has 17 heavy (non-hydrogen) atoms. The molecule has 0 fully saturated rings. The van der Waals surface area contributed by atoms with E-state index in [1.807, 2.05) is 0 Å². The molecule has 0 aromatic carbocycles. The van der Waals surface area contributed by atoms with Crippen LogP contribution in [0.15, 0.2) is 0 Å². The minimum absolute atomic E-state index is 0.130. The van der Waals surface area contributed by atoms with Gasteiger partial charge in [0.25, 0.3) is 0 Å². The van der Waals surface area contributed by atoms with Crippen molar-refractivity contribution < 1.29 is 9.90 Å². The van der Waals surface area contributed by atoms with Crippen LogP contribution in [-0.2, 0) is 4.79 Å². The second-order valence-electron chi connectivity index (χ2n) is 4.38. The third-order valence-electron chi connectivity index (χ3n) is 2.70. The Morgan fingerprint density at radius 1 is 1.29 bits per heavy atom. The van der Waals surface area contributed by atoms with Crippen LogP contribution in [0.3, 0.4) is 0 Å². The molecule has 102 valence electrons. The Bertz CT molecular complexity index is 182. The van der Waals surface area contributed by atoms with Crippen LogP contribution in [0.2, 0.25) is 0 Å². The number of unbranched alkanes of at least 4 members (excludes halogenated alkanes) is 1. The van der Waals surface area contributed by atoms with Crippen molar-refractivity contribution in [1.82, 2.24) is 5.32 Å². The Labute approximate surface area is 110 Å². The van der Waals surface area contributed by atoms with Gasteiger partial charge in [0, 0.05) is 13.2 Å². The summed E-state index contributed by atoms with van der Waals surface area (Å²) in [5.41, 5.74) is 0. The highest BCUT2D eigenvalue weighted by Crippen LogP contribution is 2.09. The van der Waals surface area contributed by atoms with Gasteiger partial charge >= 0.3 is 0 Å². The maximum atomic E-state index is 11.5. The first kappa shape index (κ1) is 16.8. The fourth-order valence-corrected chi connectivity index (χ4v) is 2.58. The fourth-order valence-electron chi connectivity index (χ4n) is 1.66. The zero-order valence-corrected chi connectivity index (χ0v) is 12.0. The van der Waals surface area contributed by atoms with E-state index in [0.29, 0.717) is 18.2 Å². The number of hydrogen-bond donors (Lipinski definition) is 2. The van der Waals surface area contributed by atoms with Gasteiger partial charge in [-0.25, -0.2) is 0 Å². The van der Waals surface area contributed by atoms with E-state index in [1.165, 1.54) is 12.8 Å². The molecule has 0 saturated heterocycles. The van der Waals surface area contributed by atoms with Crippen molar-refractivity contribution >= 4 is 17.7 Å². The molecule has 0 spiro atoms. The topological polar surface area (TPSA) is 49.3 Å². The highest BCUT2D eigenvalue weighted by atomic mass is 32.2. The molecule has 1 unspecified atom stereocenters. The summed E-state index contributed by atoms with van der Waals surface area (Å²) < 4.78 is 0. The number of carbonyl (C=O) groups excluding carboxylic acids is 1. The van der Waals surface area contributed by atoms with Gasteiger partial charge in [-0.1, -0.05) is 26.7 Å². The Morgan fingerprint density at radius 3 is 2.65 bits per heavy atom. The molecule has 1 amide bonds. The van der Waals surface area contributed by atoms with E-state index in [9.17, 15) is 4.79 Å². The van der Waals surface area contributed by atoms with Gasteiger partial charge in [-0.3, -0.25) is 4.79 Å². The molecule has 0 rings (SSSR count). The number of aliphatic hydroxyl groups is 1. The molecule has 0 heterocycles. The number of carbonyl (C=O) groups is 1. The Hall–Kier alpha value is -0.220. The van der Waals surface area contributed by atoms with Crippen LogP contribution in [0.25, 0.3) is 0 Å². The van der Waals surface area contributed by atoms with E-state index in [4.69, 9.17) is 5.11 Å². The molecule has 4 heteroatoms. The van der Waals surface area contributed by atoms with Crippen LogP contribution >= 0.6 is 11.8 Å². The van der Waals surface area contributed by atoms with Gasteiger partial charge in [0.1, 0.15) is 0 Å². The third-order valence-corrected chi connectivity index (χ3v) is 3.74. The summed E-state index contributed by atoms with van der Waals surface area (Å²) in [5, 5.41) is 11.9. The first-order valence-corrected chi connectivity index (χ1v) is 7.85. The van der Waals surface area contributed by atoms with Crippen LogP contribution < -0.4 is 5.32 Å². The maximum Gasteiger partial charge on any atom is 0.230 e. The predicted octanol–water partition coefficient (Wildman–Crippen LogP) is 2.43. The van der Waals surface area contributed by atoms with Crippen LogP contribution in [0.5, 0.6) is 0 Å². The molecule has 2 N–H and O–H groups in total. The number of hydrogen-bond acceptors (Lipinski definition) is 3. The molecule has 0 aliphatic heterocycles. The maximum absolute atomic E-state index is 11.5. The summed E-state index contributed by atoms with van der Waals surface area (Å²) in [6.45, 7) is 5.21. The van der Waals surface area contributed by atoms with Gasteiger partial charge in [-0.2, -0.15) is 11.8 Å². The number of amides is 1. The van der Waals surface area contributed by atoms with E-state index in [2.05, 4.69) is 19.2 Å². The summed E-state index contributed by atoms with van der Waals surface area (Å²) in [7, 11) is 0. The van der Waals surface area contributed by atoms with Crippen molar-refractivity contribution in [3.63, 3.8) is 0 Å². The number of aliphatic hydroxyl groups excluding tert-OH is 1. The zero-order valence-electron chi connectivity index (χ0n) is 11.2. The van der Waals surface area contributed by atoms with E-state index in [-0.39, 0.29) is 12.5 Å². The molecule has 0 saturated carbocycles. The number of thioether (sulfide) groups is 1. The largest absolute Gasteiger partial charge is 0.396 e. The first-order chi connectivity index (χ1) is 8.24. The molecule has 0 aromatic rings. The van der Waals surface area contributed by atoms with Crippen LogP contribution in [-0.4, -0.2) is 35.7 Å². The van der Waals surface area contributed by atoms with Gasteiger partial charge in [-0.15, -0.1) is 0 Å². The van der Waals surface area contributed by atoms with Crippen molar-refractivity contribution in [2.45, 2.75) is 46.0 Å². The SMILES string of the molecule is CCCCSCC(=O)NCC(CCC)CCO. The Balaban J connectivity index is 3.57. The average molecular weight is 261 g/mol. The molecule has 3 nitrogen and oxygen atoms in total. The van der Waals surface area contributed by atoms with Crippen molar-refractivity contribution in [3.8, 4) is 0 Å². The van der Waals surface area contributed by atoms with E-state index >= 15 is 0 Å². The fraction of sp³-hybridized carbons (Fsp3) is 0.923. The summed E-state index contributed by atoms with van der Waals surface area (Å²) in [4.78, 5) is 11.5. The second kappa shape index (κ2) is 12.2. The lowest BCUT2D eigenvalue weighted by atomic mass is 10.0. The molecule has 0 aromatic heterocycles. The minimum atomic E-state index is 0.130. The number of rotatable bonds is 11. The van der Waals surface area contributed by atoms with E-state index < -0.39 is 0 Å². The third kappa shape index (κ3) is 10.6. The summed E-state index contributed by atoms with van der Waals surface area (Å²) >= 11 is 1.70. The lowest BCUT2D eigenvalue weighted by molar-refractivity contribution is -0.118. The van der Waals surface area contributed by atoms with Crippen molar-refractivity contribution in [2.24, 2.45) is 5.92 Å². The van der Waals surface area contributed by atoms with Crippen LogP contribution in [0.4, 0.5) is 0 Å². The molecule has 0 aliphatic rings.